The van der Waals surface area contributed by atoms with E-state index in [9.17, 15) is 14.5 Å². The number of carbonyl (C=O) groups excluding carboxylic acids is 1. The van der Waals surface area contributed by atoms with Gasteiger partial charge in [-0.15, -0.1) is 27.7 Å². The maximum Gasteiger partial charge on any atom is 0.311 e. The van der Waals surface area contributed by atoms with Crippen LogP contribution in [0.3, 0.4) is 0 Å². The molecule has 132 valence electrons. The van der Waals surface area contributed by atoms with Crippen molar-refractivity contribution in [3.05, 3.63) is 19.5 Å². The lowest BCUT2D eigenvalue weighted by atomic mass is 10.3. The van der Waals surface area contributed by atoms with Gasteiger partial charge in [0.15, 0.2) is 6.04 Å². The number of nitrogens with two attached hydrogens (primary N) is 1. The zero-order valence-corrected chi connectivity index (χ0v) is 14.5. The first-order chi connectivity index (χ1) is 12.1. The van der Waals surface area contributed by atoms with Gasteiger partial charge in [-0.2, -0.15) is 0 Å². The van der Waals surface area contributed by atoms with Crippen LogP contribution in [0.1, 0.15) is 22.8 Å². The number of ether oxygens (including phenoxy) is 1. The molecule has 1 fully saturated rings. The Morgan fingerprint density at radius 1 is 1.44 bits per heavy atom. The highest BCUT2D eigenvalue weighted by Crippen LogP contribution is 2.37. The first kappa shape index (κ1) is 17.4. The third-order valence-electron chi connectivity index (χ3n) is 3.42. The first-order valence-electron chi connectivity index (χ1n) is 7.03. The molecule has 3 heterocycles. The van der Waals surface area contributed by atoms with Crippen LogP contribution in [-0.2, 0) is 4.74 Å². The Balaban J connectivity index is 1.89. The minimum Gasteiger partial charge on any atom is -0.340 e. The van der Waals surface area contributed by atoms with Crippen LogP contribution in [-0.4, -0.2) is 34.0 Å². The average Bonchev–Trinajstić information content (AvgIpc) is 3.17. The topological polar surface area (TPSA) is 153 Å². The molecule has 0 bridgehead atoms. The fraction of sp³-hybridized carbons (Fsp3) is 0.500. The van der Waals surface area contributed by atoms with Gasteiger partial charge in [0.25, 0.3) is 5.91 Å². The monoisotopic (exact) mass is 383 g/mol. The molecule has 1 saturated heterocycles. The number of rotatable bonds is 4. The van der Waals surface area contributed by atoms with Crippen LogP contribution in [0.15, 0.2) is 20.3 Å². The summed E-state index contributed by atoms with van der Waals surface area (Å²) in [5.74, 6) is 10.5. The number of aromatic nitrogens is 1. The van der Waals surface area contributed by atoms with Gasteiger partial charge in [0.05, 0.1) is 0 Å². The van der Waals surface area contributed by atoms with Gasteiger partial charge in [-0.25, -0.2) is 0 Å². The summed E-state index contributed by atoms with van der Waals surface area (Å²) in [6.45, 7) is 1.60. The minimum absolute atomic E-state index is 0.212. The number of thiazole rings is 1. The summed E-state index contributed by atoms with van der Waals surface area (Å²) < 4.78 is 7.10. The van der Waals surface area contributed by atoms with Gasteiger partial charge in [-0.1, -0.05) is 22.5 Å². The highest BCUT2D eigenvalue weighted by Gasteiger charge is 2.38. The summed E-state index contributed by atoms with van der Waals surface area (Å²) in [6, 6.07) is -0.833. The molecule has 0 spiro atoms. The maximum absolute atomic E-state index is 12.4. The van der Waals surface area contributed by atoms with E-state index in [0.29, 0.717) is 5.75 Å². The normalized spacial score (nSPS) is 26.3. The average molecular weight is 383 g/mol. The molecule has 0 saturated carbocycles. The van der Waals surface area contributed by atoms with Crippen LogP contribution < -0.4 is 21.3 Å². The van der Waals surface area contributed by atoms with Crippen molar-refractivity contribution >= 4 is 34.8 Å². The van der Waals surface area contributed by atoms with Gasteiger partial charge in [0.2, 0.25) is 6.29 Å². The SMILES string of the molecule is CC#CC(N=O)C1OC(n2c3c(sc2=O)C(=O)NC(N=NN)N3)CS1. The van der Waals surface area contributed by atoms with Crippen molar-refractivity contribution in [2.75, 3.05) is 11.1 Å². The molecular weight excluding hydrogens is 370 g/mol. The van der Waals surface area contributed by atoms with Crippen molar-refractivity contribution in [2.45, 2.75) is 30.9 Å². The summed E-state index contributed by atoms with van der Waals surface area (Å²) in [5.41, 5.74) is -0.589. The zero-order valence-electron chi connectivity index (χ0n) is 12.8. The number of nitrogens with zero attached hydrogens (tertiary/aromatic N) is 4. The summed E-state index contributed by atoms with van der Waals surface area (Å²) in [4.78, 5) is 35.2. The largest absolute Gasteiger partial charge is 0.340 e. The Morgan fingerprint density at radius 3 is 2.92 bits per heavy atom. The Kier molecular flexibility index (Phi) is 5.02. The van der Waals surface area contributed by atoms with Gasteiger partial charge < -0.3 is 21.2 Å². The number of nitrogens with one attached hydrogen (secondary N) is 2. The quantitative estimate of drug-likeness (QED) is 0.224. The molecule has 25 heavy (non-hydrogen) atoms. The van der Waals surface area contributed by atoms with Crippen molar-refractivity contribution in [3.63, 3.8) is 0 Å². The molecule has 0 aromatic carbocycles. The Bertz CT molecular complexity index is 839. The third-order valence-corrected chi connectivity index (χ3v) is 5.55. The van der Waals surface area contributed by atoms with E-state index in [1.165, 1.54) is 16.3 Å². The molecule has 1 aromatic heterocycles. The van der Waals surface area contributed by atoms with E-state index in [4.69, 9.17) is 10.6 Å². The molecule has 2 aliphatic rings. The standard InChI is InChI=1S/C12H13N7O4S2/c1-2-3-5(17-22)10-23-6(4-24-10)19-8-7(25-12(19)21)9(20)15-11(14-8)16-18-13/h5-6,10-11,14H,4H2,1H3,(H2,13,16)(H,15,20). The lowest BCUT2D eigenvalue weighted by molar-refractivity contribution is 0.0156. The molecule has 3 rings (SSSR count). The lowest BCUT2D eigenvalue weighted by Crippen LogP contribution is -2.44. The van der Waals surface area contributed by atoms with Gasteiger partial charge in [0, 0.05) is 5.75 Å². The van der Waals surface area contributed by atoms with Crippen LogP contribution in [0.5, 0.6) is 0 Å². The van der Waals surface area contributed by atoms with Gasteiger partial charge in [0.1, 0.15) is 22.4 Å². The fourth-order valence-electron chi connectivity index (χ4n) is 2.42. The Morgan fingerprint density at radius 2 is 2.24 bits per heavy atom. The van der Waals surface area contributed by atoms with E-state index in [2.05, 4.69) is 38.0 Å². The predicted molar refractivity (Wildman–Crippen MR) is 91.9 cm³/mol. The van der Waals surface area contributed by atoms with E-state index in [-0.39, 0.29) is 15.6 Å². The van der Waals surface area contributed by atoms with Gasteiger partial charge in [-0.05, 0) is 12.1 Å². The van der Waals surface area contributed by atoms with Gasteiger partial charge >= 0.3 is 4.87 Å². The molecule has 0 radical (unpaired) electrons. The number of nitroso groups, excluding NO2 is 1. The van der Waals surface area contributed by atoms with Crippen molar-refractivity contribution in [3.8, 4) is 11.8 Å². The van der Waals surface area contributed by atoms with Crippen molar-refractivity contribution in [1.82, 2.24) is 9.88 Å². The van der Waals surface area contributed by atoms with Crippen LogP contribution >= 0.6 is 23.1 Å². The lowest BCUT2D eigenvalue weighted by Gasteiger charge is -2.24. The third kappa shape index (κ3) is 3.23. The van der Waals surface area contributed by atoms with E-state index >= 15 is 0 Å². The van der Waals surface area contributed by atoms with Crippen molar-refractivity contribution < 1.29 is 9.53 Å². The molecule has 11 nitrogen and oxygen atoms in total. The molecule has 1 aromatic rings. The van der Waals surface area contributed by atoms with E-state index < -0.39 is 29.9 Å². The number of hydrogen-bond acceptors (Lipinski definition) is 10. The van der Waals surface area contributed by atoms with Crippen molar-refractivity contribution in [1.29, 1.82) is 0 Å². The van der Waals surface area contributed by atoms with Crippen LogP contribution in [0, 0.1) is 16.7 Å². The molecule has 1 amide bonds. The second-order valence-corrected chi connectivity index (χ2v) is 7.00. The number of carbonyl (C=O) groups is 1. The number of amides is 1. The van der Waals surface area contributed by atoms with E-state index in [1.54, 1.807) is 6.92 Å². The number of fused-ring (bicyclic) bond motifs is 1. The van der Waals surface area contributed by atoms with Gasteiger partial charge in [-0.3, -0.25) is 14.2 Å². The smallest absolute Gasteiger partial charge is 0.311 e. The Hall–Kier alpha value is -2.43. The number of anilines is 1. The highest BCUT2D eigenvalue weighted by atomic mass is 32.2. The maximum atomic E-state index is 12.4. The van der Waals surface area contributed by atoms with Crippen LogP contribution in [0.2, 0.25) is 0 Å². The highest BCUT2D eigenvalue weighted by molar-refractivity contribution is 8.00. The fourth-order valence-corrected chi connectivity index (χ4v) is 4.40. The summed E-state index contributed by atoms with van der Waals surface area (Å²) in [5, 5.41) is 15.1. The predicted octanol–water partition coefficient (Wildman–Crippen LogP) is 0.421. The van der Waals surface area contributed by atoms with Crippen molar-refractivity contribution in [2.24, 2.45) is 21.4 Å². The molecule has 4 unspecified atom stereocenters. The number of hydrogen-bond donors (Lipinski definition) is 3. The van der Waals surface area contributed by atoms with E-state index in [0.717, 1.165) is 11.3 Å². The molecule has 2 aliphatic heterocycles. The minimum atomic E-state index is -0.884. The van der Waals surface area contributed by atoms with Crippen LogP contribution in [0.4, 0.5) is 5.82 Å². The zero-order chi connectivity index (χ0) is 18.0. The van der Waals surface area contributed by atoms with Crippen LogP contribution in [0.25, 0.3) is 0 Å². The summed E-state index contributed by atoms with van der Waals surface area (Å²) in [7, 11) is 0. The summed E-state index contributed by atoms with van der Waals surface area (Å²) in [6.07, 6.45) is -1.55. The summed E-state index contributed by atoms with van der Waals surface area (Å²) >= 11 is 2.11. The van der Waals surface area contributed by atoms with E-state index in [1.807, 2.05) is 0 Å². The molecule has 0 aliphatic carbocycles. The number of thioether (sulfide) groups is 1. The molecule has 13 heteroatoms. The second kappa shape index (κ2) is 7.21. The molecule has 4 atom stereocenters. The Labute approximate surface area is 149 Å². The molecular formula is C12H13N7O4S2. The molecule has 4 N–H and O–H groups in total. The second-order valence-electron chi connectivity index (χ2n) is 4.90. The first-order valence-corrected chi connectivity index (χ1v) is 8.90.